The van der Waals surface area contributed by atoms with E-state index in [-0.39, 0.29) is 43.4 Å². The summed E-state index contributed by atoms with van der Waals surface area (Å²) in [5.41, 5.74) is 5.83. The molecule has 1 aromatic rings. The van der Waals surface area contributed by atoms with Gasteiger partial charge in [0.2, 0.25) is 5.91 Å². The first kappa shape index (κ1) is 22.3. The van der Waals surface area contributed by atoms with Crippen LogP contribution in [0, 0.1) is 5.41 Å². The maximum Gasteiger partial charge on any atom is 0.258 e. The smallest absolute Gasteiger partial charge is 0.258 e. The van der Waals surface area contributed by atoms with Crippen molar-refractivity contribution in [1.82, 2.24) is 5.32 Å². The first-order valence-electron chi connectivity index (χ1n) is 9.26. The van der Waals surface area contributed by atoms with Crippen molar-refractivity contribution in [2.24, 2.45) is 11.1 Å². The molecule has 1 aliphatic heterocycles. The number of hydrogen-bond acceptors (Lipinski definition) is 6. The zero-order valence-corrected chi connectivity index (χ0v) is 16.8. The van der Waals surface area contributed by atoms with Gasteiger partial charge in [-0.25, -0.2) is 0 Å². The van der Waals surface area contributed by atoms with Gasteiger partial charge in [-0.2, -0.15) is 0 Å². The fourth-order valence-electron chi connectivity index (χ4n) is 3.06. The normalized spacial score (nSPS) is 17.8. The average Bonchev–Trinajstić information content (AvgIpc) is 3.51. The van der Waals surface area contributed by atoms with Crippen LogP contribution < -0.4 is 25.8 Å². The summed E-state index contributed by atoms with van der Waals surface area (Å²) >= 11 is 0. The molecule has 1 heterocycles. The maximum absolute atomic E-state index is 12.8. The summed E-state index contributed by atoms with van der Waals surface area (Å²) in [6.07, 6.45) is 3.22. The highest BCUT2D eigenvalue weighted by atomic mass is 35.5. The van der Waals surface area contributed by atoms with Gasteiger partial charge in [-0.15, -0.1) is 12.4 Å². The number of amides is 2. The van der Waals surface area contributed by atoms with Crippen LogP contribution >= 0.6 is 12.4 Å². The average molecular weight is 414 g/mol. The minimum atomic E-state index is -0.622. The summed E-state index contributed by atoms with van der Waals surface area (Å²) in [6.45, 7) is 1.22. The predicted octanol–water partition coefficient (Wildman–Crippen LogP) is 1.47. The first-order valence-corrected chi connectivity index (χ1v) is 9.26. The third-order valence-corrected chi connectivity index (χ3v) is 5.05. The van der Waals surface area contributed by atoms with Crippen LogP contribution in [0.5, 0.6) is 11.5 Å². The lowest BCUT2D eigenvalue weighted by molar-refractivity contribution is -0.130. The van der Waals surface area contributed by atoms with E-state index in [9.17, 15) is 9.59 Å². The van der Waals surface area contributed by atoms with E-state index < -0.39 is 5.41 Å². The Kier molecular flexibility index (Phi) is 7.91. The minimum absolute atomic E-state index is 0. The largest absolute Gasteiger partial charge is 0.493 e. The lowest BCUT2D eigenvalue weighted by Gasteiger charge is -2.34. The lowest BCUT2D eigenvalue weighted by Crippen LogP contribution is -2.46. The van der Waals surface area contributed by atoms with Crippen molar-refractivity contribution in [3.05, 3.63) is 18.2 Å². The summed E-state index contributed by atoms with van der Waals surface area (Å²) in [5.74, 6) is 0.594. The third kappa shape index (κ3) is 5.50. The summed E-state index contributed by atoms with van der Waals surface area (Å²) in [7, 11) is 1.52. The van der Waals surface area contributed by atoms with Gasteiger partial charge in [0, 0.05) is 37.6 Å². The van der Waals surface area contributed by atoms with E-state index in [1.165, 1.54) is 7.11 Å². The van der Waals surface area contributed by atoms with Gasteiger partial charge in [-0.05, 0) is 37.8 Å². The molecule has 2 amide bonds. The minimum Gasteiger partial charge on any atom is -0.493 e. The number of nitrogens with one attached hydrogen (secondary N) is 2. The Balaban J connectivity index is 0.00000280. The van der Waals surface area contributed by atoms with Crippen molar-refractivity contribution in [3.63, 3.8) is 0 Å². The van der Waals surface area contributed by atoms with Crippen LogP contribution in [-0.4, -0.2) is 51.3 Å². The second-order valence-electron chi connectivity index (χ2n) is 7.05. The van der Waals surface area contributed by atoms with E-state index >= 15 is 0 Å². The van der Waals surface area contributed by atoms with Crippen molar-refractivity contribution in [3.8, 4) is 11.5 Å². The van der Waals surface area contributed by atoms with E-state index in [0.717, 1.165) is 12.8 Å². The highest BCUT2D eigenvalue weighted by molar-refractivity contribution is 5.96. The van der Waals surface area contributed by atoms with Crippen LogP contribution in [-0.2, 0) is 14.3 Å². The molecule has 1 aromatic carbocycles. The van der Waals surface area contributed by atoms with E-state index in [2.05, 4.69) is 10.6 Å². The fraction of sp³-hybridized carbons (Fsp3) is 0.579. The highest BCUT2D eigenvalue weighted by Crippen LogP contribution is 2.34. The van der Waals surface area contributed by atoms with E-state index in [1.54, 1.807) is 18.2 Å². The topological polar surface area (TPSA) is 112 Å². The number of rotatable bonds is 8. The number of ether oxygens (including phenoxy) is 3. The number of nitrogens with two attached hydrogens (primary N) is 1. The van der Waals surface area contributed by atoms with Gasteiger partial charge >= 0.3 is 0 Å². The summed E-state index contributed by atoms with van der Waals surface area (Å²) in [5, 5.41) is 5.78. The number of anilines is 1. The molecule has 156 valence electrons. The number of hydrogen-bond donors (Lipinski definition) is 3. The molecule has 0 atom stereocenters. The van der Waals surface area contributed by atoms with Crippen molar-refractivity contribution >= 4 is 29.9 Å². The Morgan fingerprint density at radius 1 is 1.25 bits per heavy atom. The van der Waals surface area contributed by atoms with Gasteiger partial charge in [0.1, 0.15) is 0 Å². The fourth-order valence-corrected chi connectivity index (χ4v) is 3.06. The molecule has 1 aliphatic carbocycles. The molecule has 4 N–H and O–H groups in total. The molecule has 0 unspecified atom stereocenters. The molecule has 28 heavy (non-hydrogen) atoms. The Morgan fingerprint density at radius 2 is 1.96 bits per heavy atom. The molecular formula is C19H28ClN3O5. The molecule has 2 aliphatic rings. The number of halogens is 1. The van der Waals surface area contributed by atoms with Gasteiger partial charge in [0.05, 0.1) is 12.5 Å². The highest BCUT2D eigenvalue weighted by Gasteiger charge is 2.38. The Hall–Kier alpha value is -2.03. The van der Waals surface area contributed by atoms with Gasteiger partial charge in [0.25, 0.3) is 5.91 Å². The van der Waals surface area contributed by atoms with Crippen molar-refractivity contribution in [2.45, 2.75) is 31.7 Å². The maximum atomic E-state index is 12.8. The number of carbonyl (C=O) groups excluding carboxylic acids is 2. The van der Waals surface area contributed by atoms with Crippen molar-refractivity contribution in [1.29, 1.82) is 0 Å². The molecule has 3 rings (SSSR count). The quantitative estimate of drug-likeness (QED) is 0.595. The molecule has 0 bridgehead atoms. The van der Waals surface area contributed by atoms with Crippen LogP contribution in [0.15, 0.2) is 18.2 Å². The zero-order valence-electron chi connectivity index (χ0n) is 16.0. The van der Waals surface area contributed by atoms with E-state index in [1.807, 2.05) is 0 Å². The van der Waals surface area contributed by atoms with Crippen LogP contribution in [0.25, 0.3) is 0 Å². The van der Waals surface area contributed by atoms with Gasteiger partial charge in [-0.1, -0.05) is 0 Å². The zero-order chi connectivity index (χ0) is 19.3. The van der Waals surface area contributed by atoms with Crippen molar-refractivity contribution in [2.75, 3.05) is 38.8 Å². The summed E-state index contributed by atoms with van der Waals surface area (Å²) in [4.78, 5) is 24.6. The van der Waals surface area contributed by atoms with Crippen LogP contribution in [0.4, 0.5) is 5.69 Å². The number of methoxy groups -OCH3 is 1. The Labute approximate surface area is 170 Å². The first-order chi connectivity index (χ1) is 13.1. The van der Waals surface area contributed by atoms with Gasteiger partial charge < -0.3 is 30.6 Å². The number of carbonyl (C=O) groups is 2. The molecule has 0 spiro atoms. The standard InChI is InChI=1S/C19H27N3O5.ClH/c1-25-15-5-4-14(10-16(15)27-11-17(23)21-13-2-3-13)22-18(24)19(12-20)6-8-26-9-7-19;/h4-5,10,13H,2-3,6-9,11-12,20H2,1H3,(H,21,23)(H,22,24);1H. The second kappa shape index (κ2) is 9.95. The SMILES string of the molecule is COc1ccc(NC(=O)C2(CN)CCOCC2)cc1OCC(=O)NC1CC1.Cl. The lowest BCUT2D eigenvalue weighted by atomic mass is 9.79. The van der Waals surface area contributed by atoms with E-state index in [0.29, 0.717) is 43.2 Å². The molecular weight excluding hydrogens is 386 g/mol. The molecule has 2 fully saturated rings. The number of benzene rings is 1. The third-order valence-electron chi connectivity index (χ3n) is 5.05. The molecule has 1 saturated carbocycles. The second-order valence-corrected chi connectivity index (χ2v) is 7.05. The molecule has 1 saturated heterocycles. The predicted molar refractivity (Wildman–Crippen MR) is 107 cm³/mol. The molecule has 0 aromatic heterocycles. The Bertz CT molecular complexity index is 690. The van der Waals surface area contributed by atoms with Crippen LogP contribution in [0.2, 0.25) is 0 Å². The van der Waals surface area contributed by atoms with Gasteiger partial charge in [0.15, 0.2) is 18.1 Å². The molecule has 8 nitrogen and oxygen atoms in total. The molecule has 0 radical (unpaired) electrons. The van der Waals surface area contributed by atoms with Crippen molar-refractivity contribution < 1.29 is 23.8 Å². The molecule has 9 heteroatoms. The van der Waals surface area contributed by atoms with Crippen LogP contribution in [0.1, 0.15) is 25.7 Å². The Morgan fingerprint density at radius 3 is 2.57 bits per heavy atom. The monoisotopic (exact) mass is 413 g/mol. The summed E-state index contributed by atoms with van der Waals surface area (Å²) < 4.78 is 16.2. The van der Waals surface area contributed by atoms with Gasteiger partial charge in [-0.3, -0.25) is 9.59 Å². The summed E-state index contributed by atoms with van der Waals surface area (Å²) in [6, 6.07) is 5.37. The van der Waals surface area contributed by atoms with E-state index in [4.69, 9.17) is 19.9 Å². The van der Waals surface area contributed by atoms with Crippen LogP contribution in [0.3, 0.4) is 0 Å².